The number of fused-ring (bicyclic) bond motifs is 4. The third-order valence-electron chi connectivity index (χ3n) is 10.5. The van der Waals surface area contributed by atoms with Gasteiger partial charge in [-0.1, -0.05) is 12.1 Å². The summed E-state index contributed by atoms with van der Waals surface area (Å²) in [6, 6.07) is 7.16. The highest BCUT2D eigenvalue weighted by molar-refractivity contribution is 6.10. The Bertz CT molecular complexity index is 2280. The number of hydrogen-bond donors (Lipinski definition) is 2. The largest absolute Gasteiger partial charge is 0.490 e. The Morgan fingerprint density at radius 3 is 2.60 bits per heavy atom. The van der Waals surface area contributed by atoms with Crippen molar-refractivity contribution in [3.05, 3.63) is 94.6 Å². The van der Waals surface area contributed by atoms with E-state index in [4.69, 9.17) is 4.74 Å². The summed E-state index contributed by atoms with van der Waals surface area (Å²) in [6.07, 6.45) is 0.761. The molecule has 272 valence electrons. The summed E-state index contributed by atoms with van der Waals surface area (Å²) in [4.78, 5) is 33.0. The van der Waals surface area contributed by atoms with Crippen LogP contribution in [0.15, 0.2) is 54.7 Å². The summed E-state index contributed by atoms with van der Waals surface area (Å²) in [6.45, 7) is 6.39. The first-order valence-corrected chi connectivity index (χ1v) is 16.9. The molecular formula is C38H36F5N5O4. The SMILES string of the molecule is Cc1nc2c3c(c(C(F)(F)F)cc2n1C)-c1cccn2c(C(=O)c4cc(F)c(NC(=O)/C=C/CN5CCC[C@@]5(C)C(C)O)c(F)c4)cc(c12)CCO3. The summed E-state index contributed by atoms with van der Waals surface area (Å²) in [5.41, 5.74) is -1.19. The normalized spacial score (nSPS) is 18.4. The van der Waals surface area contributed by atoms with E-state index in [1.807, 2.05) is 11.8 Å². The molecule has 0 aliphatic carbocycles. The number of ketones is 1. The molecule has 0 bridgehead atoms. The number of aliphatic hydroxyl groups excluding tert-OH is 1. The Kier molecular flexibility index (Phi) is 8.73. The molecule has 5 heterocycles. The zero-order valence-electron chi connectivity index (χ0n) is 28.9. The Morgan fingerprint density at radius 1 is 1.17 bits per heavy atom. The van der Waals surface area contributed by atoms with Gasteiger partial charge in [-0.2, -0.15) is 13.2 Å². The first kappa shape index (κ1) is 35.3. The van der Waals surface area contributed by atoms with E-state index in [0.717, 1.165) is 43.7 Å². The molecule has 9 nitrogen and oxygen atoms in total. The van der Waals surface area contributed by atoms with Crippen molar-refractivity contribution in [2.45, 2.75) is 57.9 Å². The standard InChI is InChI=1S/C38H36F5N5O4/c1-20(49)37(3)11-7-13-47(37)12-6-9-30(50)45-32-26(39)16-23(17-27(32)40)35(51)29-18-22-10-15-52-36-31(24-8-5-14-48(29)34(22)24)25(38(41,42)43)19-28-33(36)44-21(2)46(28)4/h5-6,8-9,14,16-20,49H,7,10-13,15H2,1-4H3,(H,45,50)/b9-6+/t20?,37-/m0/s1. The Labute approximate surface area is 295 Å². The maximum absolute atomic E-state index is 15.3. The number of amides is 1. The van der Waals surface area contributed by atoms with Gasteiger partial charge in [0, 0.05) is 54.5 Å². The number of hydrogen-bond acceptors (Lipinski definition) is 6. The number of nitrogens with zero attached hydrogens (tertiary/aromatic N) is 4. The molecule has 1 unspecified atom stereocenters. The van der Waals surface area contributed by atoms with Crippen LogP contribution in [0.25, 0.3) is 27.7 Å². The molecule has 2 N–H and O–H groups in total. The van der Waals surface area contributed by atoms with Crippen LogP contribution in [0, 0.1) is 18.6 Å². The Balaban J connectivity index is 1.22. The molecule has 5 aromatic rings. The minimum atomic E-state index is -4.77. The number of aliphatic hydroxyl groups is 1. The van der Waals surface area contributed by atoms with Gasteiger partial charge in [-0.3, -0.25) is 14.5 Å². The average molecular weight is 722 g/mol. The van der Waals surface area contributed by atoms with Gasteiger partial charge in [-0.25, -0.2) is 13.8 Å². The number of nitrogens with one attached hydrogen (secondary N) is 1. The molecule has 2 aliphatic heterocycles. The van der Waals surface area contributed by atoms with Gasteiger partial charge in [0.15, 0.2) is 5.75 Å². The summed E-state index contributed by atoms with van der Waals surface area (Å²) < 4.78 is 83.8. The van der Waals surface area contributed by atoms with E-state index in [0.29, 0.717) is 23.4 Å². The first-order chi connectivity index (χ1) is 24.6. The maximum atomic E-state index is 15.3. The lowest BCUT2D eigenvalue weighted by atomic mass is 9.93. The Hall–Kier alpha value is -5.08. The highest BCUT2D eigenvalue weighted by atomic mass is 19.4. The third kappa shape index (κ3) is 5.83. The minimum absolute atomic E-state index is 0.0211. The predicted molar refractivity (Wildman–Crippen MR) is 184 cm³/mol. The van der Waals surface area contributed by atoms with Crippen LogP contribution in [0.1, 0.15) is 59.7 Å². The second-order valence-electron chi connectivity index (χ2n) is 13.6. The second-order valence-corrected chi connectivity index (χ2v) is 13.6. The molecule has 3 aromatic heterocycles. The second kappa shape index (κ2) is 12.8. The number of ether oxygens (including phenoxy) is 1. The maximum Gasteiger partial charge on any atom is 0.417 e. The van der Waals surface area contributed by atoms with Crippen molar-refractivity contribution >= 4 is 33.9 Å². The molecule has 52 heavy (non-hydrogen) atoms. The van der Waals surface area contributed by atoms with Crippen molar-refractivity contribution in [3.8, 4) is 16.9 Å². The molecule has 1 saturated heterocycles. The first-order valence-electron chi connectivity index (χ1n) is 16.9. The van der Waals surface area contributed by atoms with Crippen molar-refractivity contribution in [2.24, 2.45) is 7.05 Å². The fraction of sp³-hybridized carbons (Fsp3) is 0.342. The van der Waals surface area contributed by atoms with Gasteiger partial charge in [0.2, 0.25) is 11.7 Å². The number of aryl methyl sites for hydroxylation is 2. The lowest BCUT2D eigenvalue weighted by molar-refractivity contribution is -0.137. The van der Waals surface area contributed by atoms with E-state index in [1.165, 1.54) is 28.8 Å². The number of halogens is 5. The molecule has 1 amide bonds. The molecule has 1 fully saturated rings. The smallest absolute Gasteiger partial charge is 0.417 e. The number of carbonyl (C=O) groups is 2. The molecule has 2 aromatic carbocycles. The van der Waals surface area contributed by atoms with Gasteiger partial charge in [0.1, 0.15) is 28.7 Å². The van der Waals surface area contributed by atoms with Crippen LogP contribution in [0.4, 0.5) is 27.6 Å². The van der Waals surface area contributed by atoms with Crippen molar-refractivity contribution in [3.63, 3.8) is 0 Å². The number of rotatable bonds is 7. The summed E-state index contributed by atoms with van der Waals surface area (Å²) >= 11 is 0. The number of pyridine rings is 1. The fourth-order valence-electron chi connectivity index (χ4n) is 7.45. The predicted octanol–water partition coefficient (Wildman–Crippen LogP) is 6.99. The number of likely N-dealkylation sites (tertiary alicyclic amines) is 1. The number of aromatic nitrogens is 3. The lowest BCUT2D eigenvalue weighted by Crippen LogP contribution is -2.49. The average Bonchev–Trinajstić information content (AvgIpc) is 3.74. The highest BCUT2D eigenvalue weighted by Crippen LogP contribution is 2.48. The molecule has 0 radical (unpaired) electrons. The van der Waals surface area contributed by atoms with E-state index in [2.05, 4.69) is 10.3 Å². The molecule has 0 saturated carbocycles. The highest BCUT2D eigenvalue weighted by Gasteiger charge is 2.40. The van der Waals surface area contributed by atoms with Gasteiger partial charge < -0.3 is 24.1 Å². The van der Waals surface area contributed by atoms with Crippen LogP contribution in [0.5, 0.6) is 5.75 Å². The zero-order chi connectivity index (χ0) is 37.3. The molecule has 14 heteroatoms. The van der Waals surface area contributed by atoms with E-state index >= 15 is 8.78 Å². The quantitative estimate of drug-likeness (QED) is 0.107. The van der Waals surface area contributed by atoms with Crippen LogP contribution in [0.3, 0.4) is 0 Å². The number of anilines is 1. The van der Waals surface area contributed by atoms with Gasteiger partial charge in [-0.05, 0) is 76.1 Å². The van der Waals surface area contributed by atoms with Crippen molar-refractivity contribution in [1.82, 2.24) is 18.9 Å². The summed E-state index contributed by atoms with van der Waals surface area (Å²) in [5, 5.41) is 12.4. The minimum Gasteiger partial charge on any atom is -0.490 e. The molecule has 2 atom stereocenters. The van der Waals surface area contributed by atoms with Gasteiger partial charge in [0.05, 0.1) is 35.0 Å². The van der Waals surface area contributed by atoms with Gasteiger partial charge in [-0.15, -0.1) is 0 Å². The molecule has 2 aliphatic rings. The number of alkyl halides is 3. The van der Waals surface area contributed by atoms with Crippen molar-refractivity contribution in [1.29, 1.82) is 0 Å². The van der Waals surface area contributed by atoms with E-state index in [9.17, 15) is 27.9 Å². The van der Waals surface area contributed by atoms with E-state index < -0.39 is 52.4 Å². The van der Waals surface area contributed by atoms with Gasteiger partial charge >= 0.3 is 6.18 Å². The summed E-state index contributed by atoms with van der Waals surface area (Å²) in [5.74, 6) is -3.46. The van der Waals surface area contributed by atoms with Crippen LogP contribution >= 0.6 is 0 Å². The molecule has 7 rings (SSSR count). The van der Waals surface area contributed by atoms with Crippen LogP contribution in [-0.4, -0.2) is 67.0 Å². The van der Waals surface area contributed by atoms with Crippen molar-refractivity contribution < 1.29 is 41.4 Å². The van der Waals surface area contributed by atoms with Crippen LogP contribution in [-0.2, 0) is 24.4 Å². The molecular weight excluding hydrogens is 685 g/mol. The van der Waals surface area contributed by atoms with Crippen LogP contribution < -0.4 is 10.1 Å². The number of benzene rings is 2. The summed E-state index contributed by atoms with van der Waals surface area (Å²) in [7, 11) is 1.62. The fourth-order valence-corrected chi connectivity index (χ4v) is 7.45. The number of imidazole rings is 1. The van der Waals surface area contributed by atoms with Gasteiger partial charge in [0.25, 0.3) is 0 Å². The Morgan fingerprint density at radius 2 is 1.90 bits per heavy atom. The monoisotopic (exact) mass is 721 g/mol. The van der Waals surface area contributed by atoms with E-state index in [1.54, 1.807) is 31.5 Å². The zero-order valence-corrected chi connectivity index (χ0v) is 28.9. The van der Waals surface area contributed by atoms with E-state index in [-0.39, 0.29) is 52.2 Å². The third-order valence-corrected chi connectivity index (χ3v) is 10.5. The molecule has 0 spiro atoms. The number of carbonyl (C=O) groups excluding carboxylic acids is 2. The lowest BCUT2D eigenvalue weighted by Gasteiger charge is -2.37. The van der Waals surface area contributed by atoms with Crippen LogP contribution in [0.2, 0.25) is 0 Å². The topological polar surface area (TPSA) is 101 Å². The van der Waals surface area contributed by atoms with Crippen molar-refractivity contribution in [2.75, 3.05) is 25.0 Å².